The Kier molecular flexibility index (Phi) is 8.98. The highest BCUT2D eigenvalue weighted by molar-refractivity contribution is 7.94. The highest BCUT2D eigenvalue weighted by Gasteiger charge is 2.44. The Morgan fingerprint density at radius 1 is 1.18 bits per heavy atom. The van der Waals surface area contributed by atoms with Crippen molar-refractivity contribution in [1.82, 2.24) is 10.6 Å². The quantitative estimate of drug-likeness (QED) is 0.119. The van der Waals surface area contributed by atoms with Crippen LogP contribution in [-0.4, -0.2) is 58.8 Å². The third-order valence-corrected chi connectivity index (χ3v) is 8.06. The Morgan fingerprint density at radius 3 is 2.55 bits per heavy atom. The van der Waals surface area contributed by atoms with E-state index in [1.165, 1.54) is 13.2 Å². The molecule has 2 aromatic carbocycles. The van der Waals surface area contributed by atoms with Crippen LogP contribution < -0.4 is 15.4 Å². The van der Waals surface area contributed by atoms with Gasteiger partial charge in [-0.1, -0.05) is 30.3 Å². The number of carbonyl (C=O) groups excluding carboxylic acids is 4. The molecule has 3 N–H and O–H groups in total. The first-order valence-corrected chi connectivity index (χ1v) is 13.6. The molecule has 2 saturated heterocycles. The molecule has 2 heterocycles. The smallest absolute Gasteiger partial charge is 0.345 e. The zero-order valence-electron chi connectivity index (χ0n) is 21.8. The summed E-state index contributed by atoms with van der Waals surface area (Å²) in [6, 6.07) is 11.5. The monoisotopic (exact) mass is 572 g/mol. The summed E-state index contributed by atoms with van der Waals surface area (Å²) in [5.41, 5.74) is 0.292. The van der Waals surface area contributed by atoms with E-state index in [2.05, 4.69) is 15.4 Å². The Hall–Kier alpha value is -3.65. The number of hydroxylamine groups is 2. The lowest BCUT2D eigenvalue weighted by atomic mass is 9.87. The van der Waals surface area contributed by atoms with Gasteiger partial charge in [-0.2, -0.15) is 0 Å². The van der Waals surface area contributed by atoms with E-state index in [1.807, 2.05) is 0 Å². The Bertz CT molecular complexity index is 1280. The zero-order chi connectivity index (χ0) is 28.9. The summed E-state index contributed by atoms with van der Waals surface area (Å²) in [5.74, 6) is -2.19. The van der Waals surface area contributed by atoms with E-state index in [-0.39, 0.29) is 54.7 Å². The topological polar surface area (TPSA) is 177 Å². The van der Waals surface area contributed by atoms with Gasteiger partial charge >= 0.3 is 11.9 Å². The summed E-state index contributed by atoms with van der Waals surface area (Å²) in [7, 11) is 1.21. The minimum atomic E-state index is -2.20. The van der Waals surface area contributed by atoms with E-state index in [4.69, 9.17) is 4.74 Å². The molecule has 3 amide bonds. The van der Waals surface area contributed by atoms with Gasteiger partial charge in [0.1, 0.15) is 22.6 Å². The van der Waals surface area contributed by atoms with Gasteiger partial charge in [0.2, 0.25) is 11.8 Å². The molecule has 0 saturated carbocycles. The van der Waals surface area contributed by atoms with Crippen molar-refractivity contribution in [2.75, 3.05) is 20.3 Å². The molecule has 13 heteroatoms. The lowest BCUT2D eigenvalue weighted by Crippen LogP contribution is -2.56. The van der Waals surface area contributed by atoms with Gasteiger partial charge in [-0.15, -0.1) is 0 Å². The maximum Gasteiger partial charge on any atom is 0.345 e. The molecule has 0 spiro atoms. The number of phenolic OH excluding ortho intramolecular Hbond substituents is 1. The van der Waals surface area contributed by atoms with Crippen molar-refractivity contribution in [2.24, 2.45) is 0 Å². The van der Waals surface area contributed by atoms with Crippen LogP contribution in [0.5, 0.6) is 11.5 Å². The van der Waals surface area contributed by atoms with Crippen molar-refractivity contribution in [3.05, 3.63) is 69.6 Å². The van der Waals surface area contributed by atoms with Crippen LogP contribution in [0.25, 0.3) is 0 Å². The average molecular weight is 573 g/mol. The van der Waals surface area contributed by atoms with E-state index in [1.54, 1.807) is 36.4 Å². The van der Waals surface area contributed by atoms with Gasteiger partial charge < -0.3 is 35.6 Å². The summed E-state index contributed by atoms with van der Waals surface area (Å²) in [4.78, 5) is 48.8. The zero-order valence-corrected chi connectivity index (χ0v) is 22.7. The molecule has 2 atom stereocenters. The maximum absolute atomic E-state index is 13.2. The molecule has 2 fully saturated rings. The van der Waals surface area contributed by atoms with E-state index >= 15 is 0 Å². The van der Waals surface area contributed by atoms with Gasteiger partial charge in [0.05, 0.1) is 37.3 Å². The van der Waals surface area contributed by atoms with Crippen LogP contribution in [0.4, 0.5) is 0 Å². The summed E-state index contributed by atoms with van der Waals surface area (Å²) >= 11 is 0.504. The fourth-order valence-electron chi connectivity index (χ4n) is 4.74. The number of nitrogens with zero attached hydrogens (tertiary/aromatic N) is 1. The first-order chi connectivity index (χ1) is 19.0. The highest BCUT2D eigenvalue weighted by atomic mass is 32.2. The van der Waals surface area contributed by atoms with Crippen LogP contribution in [0.2, 0.25) is 0 Å². The number of nitrogens with one attached hydrogen (secondary N) is 2. The first kappa shape index (κ1) is 29.3. The molecule has 0 bridgehead atoms. The predicted molar refractivity (Wildman–Crippen MR) is 144 cm³/mol. The van der Waals surface area contributed by atoms with Crippen molar-refractivity contribution < 1.29 is 38.0 Å². The molecular weight excluding hydrogens is 542 g/mol. The van der Waals surface area contributed by atoms with Gasteiger partial charge in [0.15, 0.2) is 0 Å². The molecule has 0 aromatic heterocycles. The average Bonchev–Trinajstić information content (AvgIpc) is 3.44. The lowest BCUT2D eigenvalue weighted by Gasteiger charge is -2.36. The molecule has 0 aliphatic carbocycles. The van der Waals surface area contributed by atoms with Crippen molar-refractivity contribution >= 4 is 35.6 Å². The van der Waals surface area contributed by atoms with Crippen LogP contribution in [0.1, 0.15) is 58.8 Å². The van der Waals surface area contributed by atoms with Gasteiger partial charge in [0, 0.05) is 19.4 Å². The van der Waals surface area contributed by atoms with E-state index in [0.717, 1.165) is 5.56 Å². The minimum Gasteiger partial charge on any atom is -0.612 e. The molecule has 0 radical (unpaired) electrons. The number of ether oxygens (including phenoxy) is 2. The molecule has 40 heavy (non-hydrogen) atoms. The van der Waals surface area contributed by atoms with Crippen LogP contribution in [0, 0.1) is 10.4 Å². The second-order valence-corrected chi connectivity index (χ2v) is 11.0. The Balaban J connectivity index is 1.29. The molecule has 214 valence electrons. The normalized spacial score (nSPS) is 21.6. The van der Waals surface area contributed by atoms with Crippen molar-refractivity contribution in [3.63, 3.8) is 0 Å². The number of methoxy groups -OCH3 is 1. The van der Waals surface area contributed by atoms with Crippen LogP contribution in [0.3, 0.4) is 0 Å². The Morgan fingerprint density at radius 2 is 1.93 bits per heavy atom. The third kappa shape index (κ3) is 6.55. The number of rotatable bonds is 11. The largest absolute Gasteiger partial charge is 0.612 e. The number of unbranched alkanes of at least 4 members (excludes halogenated alkanes) is 1. The molecule has 12 nitrogen and oxygen atoms in total. The Labute approximate surface area is 234 Å². The van der Waals surface area contributed by atoms with E-state index in [9.17, 15) is 34.7 Å². The number of aromatic hydroxyl groups is 1. The molecule has 2 aliphatic rings. The summed E-state index contributed by atoms with van der Waals surface area (Å²) in [6.45, 7) is 0.571. The first-order valence-electron chi connectivity index (χ1n) is 12.8. The number of hydrogen-bond donors (Lipinski definition) is 3. The predicted octanol–water partition coefficient (Wildman–Crippen LogP) is 2.78. The number of quaternary nitrogens is 1. The van der Waals surface area contributed by atoms with Crippen LogP contribution in [-0.2, 0) is 25.5 Å². The fourth-order valence-corrected chi connectivity index (χ4v) is 5.76. The minimum absolute atomic E-state index is 0.0520. The second kappa shape index (κ2) is 12.3. The summed E-state index contributed by atoms with van der Waals surface area (Å²) in [6.07, 6.45) is 1.78. The third-order valence-electron chi connectivity index (χ3n) is 6.89. The van der Waals surface area contributed by atoms with Crippen LogP contribution >= 0.6 is 11.9 Å². The van der Waals surface area contributed by atoms with Gasteiger partial charge in [0.25, 0.3) is 0 Å². The van der Waals surface area contributed by atoms with Gasteiger partial charge in [-0.25, -0.2) is 9.59 Å². The number of carbonyl (C=O) groups is 4. The fraction of sp³-hybridized carbons (Fsp3) is 0.407. The van der Waals surface area contributed by atoms with Gasteiger partial charge in [-0.05, 0) is 42.5 Å². The van der Waals surface area contributed by atoms with E-state index in [0.29, 0.717) is 43.3 Å². The molecule has 2 unspecified atom stereocenters. The maximum atomic E-state index is 13.2. The number of benzene rings is 2. The lowest BCUT2D eigenvalue weighted by molar-refractivity contribution is -0.593. The van der Waals surface area contributed by atoms with Crippen molar-refractivity contribution in [2.45, 2.75) is 49.3 Å². The van der Waals surface area contributed by atoms with Gasteiger partial charge in [-0.3, -0.25) is 13.8 Å². The van der Waals surface area contributed by atoms with Crippen molar-refractivity contribution in [1.29, 1.82) is 0 Å². The second-order valence-electron chi connectivity index (χ2n) is 9.69. The molecular formula is C27H30N3O9S-. The number of phenols is 1. The van der Waals surface area contributed by atoms with Crippen molar-refractivity contribution in [3.8, 4) is 11.5 Å². The SMILES string of the molecule is COC(=O)c1c(O)cccc1OCCCCNC(=O)C1(Cc2ccc(C3CC(=O)[N+]([O-])([O-])S3)cc2)CCC(=O)N1. The van der Waals surface area contributed by atoms with E-state index < -0.39 is 26.9 Å². The van der Waals surface area contributed by atoms with Crippen LogP contribution in [0.15, 0.2) is 42.5 Å². The standard InChI is InChI=1S/C27H30N3O9S/c1-38-25(34)24-19(31)5-4-6-20(24)39-14-3-2-13-28-26(35)27(12-11-22(32)29-27)16-17-7-9-18(10-8-17)21-15-23(33)30(36,37)40-21/h4-10,21,31H,2-3,11-16H2,1H3,(H,28,35)(H,29,32)/q-1. The summed E-state index contributed by atoms with van der Waals surface area (Å²) < 4.78 is 8.13. The molecule has 4 rings (SSSR count). The summed E-state index contributed by atoms with van der Waals surface area (Å²) in [5, 5.41) is 38.4. The molecule has 2 aromatic rings. The molecule has 2 aliphatic heterocycles. The number of amides is 3. The highest BCUT2D eigenvalue weighted by Crippen LogP contribution is 2.46. The number of hydrogen-bond acceptors (Lipinski definition) is 10. The number of esters is 1.